The van der Waals surface area contributed by atoms with E-state index in [1.54, 1.807) is 5.48 Å². The van der Waals surface area contributed by atoms with Crippen molar-refractivity contribution in [3.05, 3.63) is 0 Å². The SMILES string of the molecule is O=C(CCCCCCCCCCCCCCCCCCCCCCCO)NO. The first-order valence-corrected chi connectivity index (χ1v) is 12.3. The standard InChI is InChI=1S/C24H49NO3/c26-23-21-19-17-15-13-11-9-7-5-3-1-2-4-6-8-10-12-14-16-18-20-22-24(27)25-28/h26,28H,1-23H2,(H,25,27). The zero-order valence-corrected chi connectivity index (χ0v) is 18.6. The third-order valence-electron chi connectivity index (χ3n) is 5.69. The lowest BCUT2D eigenvalue weighted by Gasteiger charge is -2.04. The van der Waals surface area contributed by atoms with Crippen LogP contribution in [0.25, 0.3) is 0 Å². The minimum Gasteiger partial charge on any atom is -0.396 e. The monoisotopic (exact) mass is 399 g/mol. The van der Waals surface area contributed by atoms with Gasteiger partial charge in [-0.2, -0.15) is 0 Å². The van der Waals surface area contributed by atoms with Gasteiger partial charge in [0, 0.05) is 13.0 Å². The summed E-state index contributed by atoms with van der Waals surface area (Å²) < 4.78 is 0. The topological polar surface area (TPSA) is 69.6 Å². The van der Waals surface area contributed by atoms with Crippen molar-refractivity contribution in [2.24, 2.45) is 0 Å². The highest BCUT2D eigenvalue weighted by molar-refractivity contribution is 5.74. The van der Waals surface area contributed by atoms with Gasteiger partial charge in [0.15, 0.2) is 0 Å². The van der Waals surface area contributed by atoms with Gasteiger partial charge in [-0.1, -0.05) is 122 Å². The lowest BCUT2D eigenvalue weighted by Crippen LogP contribution is -2.17. The molecule has 0 bridgehead atoms. The van der Waals surface area contributed by atoms with Crippen LogP contribution in [0.2, 0.25) is 0 Å². The summed E-state index contributed by atoms with van der Waals surface area (Å²) in [6, 6.07) is 0. The molecule has 0 aliphatic carbocycles. The van der Waals surface area contributed by atoms with Crippen molar-refractivity contribution in [1.82, 2.24) is 5.48 Å². The lowest BCUT2D eigenvalue weighted by atomic mass is 10.0. The van der Waals surface area contributed by atoms with Crippen LogP contribution in [-0.2, 0) is 4.79 Å². The van der Waals surface area contributed by atoms with Crippen LogP contribution in [0.5, 0.6) is 0 Å². The van der Waals surface area contributed by atoms with Gasteiger partial charge in [-0.15, -0.1) is 0 Å². The molecule has 0 heterocycles. The van der Waals surface area contributed by atoms with Crippen molar-refractivity contribution in [2.75, 3.05) is 6.61 Å². The van der Waals surface area contributed by atoms with Gasteiger partial charge < -0.3 is 5.11 Å². The third-order valence-corrected chi connectivity index (χ3v) is 5.69. The lowest BCUT2D eigenvalue weighted by molar-refractivity contribution is -0.129. The Morgan fingerprint density at radius 1 is 0.464 bits per heavy atom. The number of unbranched alkanes of at least 4 members (excludes halogenated alkanes) is 20. The molecule has 0 unspecified atom stereocenters. The van der Waals surface area contributed by atoms with E-state index in [1.807, 2.05) is 0 Å². The van der Waals surface area contributed by atoms with Crippen LogP contribution in [0.3, 0.4) is 0 Å². The fourth-order valence-corrected chi connectivity index (χ4v) is 3.81. The quantitative estimate of drug-likeness (QED) is 0.0977. The molecule has 0 aliphatic rings. The molecule has 3 N–H and O–H groups in total. The molecule has 0 saturated carbocycles. The first-order chi connectivity index (χ1) is 13.8. The molecule has 0 spiro atoms. The molecule has 28 heavy (non-hydrogen) atoms. The summed E-state index contributed by atoms with van der Waals surface area (Å²) in [4.78, 5) is 10.9. The van der Waals surface area contributed by atoms with E-state index >= 15 is 0 Å². The summed E-state index contributed by atoms with van der Waals surface area (Å²) in [6.45, 7) is 0.358. The van der Waals surface area contributed by atoms with Gasteiger partial charge in [-0.3, -0.25) is 10.0 Å². The van der Waals surface area contributed by atoms with Crippen molar-refractivity contribution in [2.45, 2.75) is 141 Å². The zero-order chi connectivity index (χ0) is 20.5. The Hall–Kier alpha value is -0.610. The maximum Gasteiger partial charge on any atom is 0.243 e. The van der Waals surface area contributed by atoms with Crippen molar-refractivity contribution in [3.63, 3.8) is 0 Å². The molecule has 0 fully saturated rings. The van der Waals surface area contributed by atoms with Crippen LogP contribution in [0.4, 0.5) is 0 Å². The molecule has 0 aromatic heterocycles. The van der Waals surface area contributed by atoms with Crippen molar-refractivity contribution >= 4 is 5.91 Å². The van der Waals surface area contributed by atoms with Crippen LogP contribution >= 0.6 is 0 Å². The molecular weight excluding hydrogens is 350 g/mol. The average molecular weight is 400 g/mol. The van der Waals surface area contributed by atoms with Crippen LogP contribution in [0, 0.1) is 0 Å². The minimum absolute atomic E-state index is 0.263. The van der Waals surface area contributed by atoms with Gasteiger partial charge >= 0.3 is 0 Å². The number of carbonyl (C=O) groups is 1. The number of carbonyl (C=O) groups excluding carboxylic acids is 1. The molecule has 0 radical (unpaired) electrons. The number of aliphatic hydroxyl groups excluding tert-OH is 1. The summed E-state index contributed by atoms with van der Waals surface area (Å²) in [5.41, 5.74) is 1.68. The zero-order valence-electron chi connectivity index (χ0n) is 18.6. The van der Waals surface area contributed by atoms with E-state index < -0.39 is 0 Å². The predicted octanol–water partition coefficient (Wildman–Crippen LogP) is 7.07. The van der Waals surface area contributed by atoms with E-state index in [2.05, 4.69) is 0 Å². The van der Waals surface area contributed by atoms with Gasteiger partial charge in [0.2, 0.25) is 5.91 Å². The molecule has 0 aromatic rings. The molecule has 1 amide bonds. The number of rotatable bonds is 23. The van der Waals surface area contributed by atoms with Crippen LogP contribution in [-0.4, -0.2) is 22.8 Å². The Labute approximate surface area is 174 Å². The average Bonchev–Trinajstić information content (AvgIpc) is 2.71. The Bertz CT molecular complexity index is 310. The summed E-state index contributed by atoms with van der Waals surface area (Å²) >= 11 is 0. The Morgan fingerprint density at radius 2 is 0.714 bits per heavy atom. The first kappa shape index (κ1) is 27.4. The Morgan fingerprint density at radius 3 is 0.964 bits per heavy atom. The Kier molecular flexibility index (Phi) is 23.9. The number of hydrogen-bond acceptors (Lipinski definition) is 3. The minimum atomic E-state index is -0.263. The van der Waals surface area contributed by atoms with Crippen molar-refractivity contribution < 1.29 is 15.1 Å². The number of hydrogen-bond donors (Lipinski definition) is 3. The summed E-state index contributed by atoms with van der Waals surface area (Å²) in [5.74, 6) is -0.263. The summed E-state index contributed by atoms with van der Waals surface area (Å²) in [5, 5.41) is 17.1. The number of aliphatic hydroxyl groups is 1. The second-order valence-corrected chi connectivity index (χ2v) is 8.43. The molecule has 4 heteroatoms. The van der Waals surface area contributed by atoms with Crippen LogP contribution < -0.4 is 5.48 Å². The molecule has 4 nitrogen and oxygen atoms in total. The number of amides is 1. The van der Waals surface area contributed by atoms with E-state index in [1.165, 1.54) is 116 Å². The van der Waals surface area contributed by atoms with Gasteiger partial charge in [0.05, 0.1) is 0 Å². The van der Waals surface area contributed by atoms with E-state index in [-0.39, 0.29) is 5.91 Å². The fraction of sp³-hybridized carbons (Fsp3) is 0.958. The smallest absolute Gasteiger partial charge is 0.243 e. The second-order valence-electron chi connectivity index (χ2n) is 8.43. The van der Waals surface area contributed by atoms with Crippen molar-refractivity contribution in [3.8, 4) is 0 Å². The first-order valence-electron chi connectivity index (χ1n) is 12.3. The van der Waals surface area contributed by atoms with Gasteiger partial charge in [0.25, 0.3) is 0 Å². The maximum absolute atomic E-state index is 10.9. The largest absolute Gasteiger partial charge is 0.396 e. The Balaban J connectivity index is 3.00. The number of hydroxylamine groups is 1. The molecule has 0 aliphatic heterocycles. The fourth-order valence-electron chi connectivity index (χ4n) is 3.81. The molecule has 0 atom stereocenters. The van der Waals surface area contributed by atoms with Crippen LogP contribution in [0.15, 0.2) is 0 Å². The van der Waals surface area contributed by atoms with E-state index in [0.717, 1.165) is 19.3 Å². The number of nitrogens with one attached hydrogen (secondary N) is 1. The molecule has 0 aromatic carbocycles. The van der Waals surface area contributed by atoms with E-state index in [9.17, 15) is 4.79 Å². The molecule has 168 valence electrons. The summed E-state index contributed by atoms with van der Waals surface area (Å²) in [6.07, 6.45) is 27.9. The molecular formula is C24H49NO3. The maximum atomic E-state index is 10.9. The second kappa shape index (κ2) is 24.4. The van der Waals surface area contributed by atoms with Gasteiger partial charge in [-0.05, 0) is 12.8 Å². The highest BCUT2D eigenvalue weighted by Crippen LogP contribution is 2.15. The van der Waals surface area contributed by atoms with E-state index in [4.69, 9.17) is 10.3 Å². The third kappa shape index (κ3) is 23.4. The molecule has 0 rings (SSSR count). The van der Waals surface area contributed by atoms with Gasteiger partial charge in [-0.25, -0.2) is 5.48 Å². The van der Waals surface area contributed by atoms with Gasteiger partial charge in [0.1, 0.15) is 0 Å². The van der Waals surface area contributed by atoms with Crippen molar-refractivity contribution in [1.29, 1.82) is 0 Å². The molecule has 0 saturated heterocycles. The summed E-state index contributed by atoms with van der Waals surface area (Å²) in [7, 11) is 0. The highest BCUT2D eigenvalue weighted by atomic mass is 16.5. The van der Waals surface area contributed by atoms with E-state index in [0.29, 0.717) is 13.0 Å². The van der Waals surface area contributed by atoms with Crippen LogP contribution in [0.1, 0.15) is 141 Å². The highest BCUT2D eigenvalue weighted by Gasteiger charge is 1.98. The normalized spacial score (nSPS) is 11.1. The predicted molar refractivity (Wildman–Crippen MR) is 119 cm³/mol.